The van der Waals surface area contributed by atoms with Crippen molar-refractivity contribution in [2.45, 2.75) is 43.9 Å². The third kappa shape index (κ3) is 5.38. The molecule has 1 heterocycles. The number of benzene rings is 2. The number of carbonyl (C=O) groups is 2. The van der Waals surface area contributed by atoms with Gasteiger partial charge in [0.15, 0.2) is 0 Å². The highest BCUT2D eigenvalue weighted by Gasteiger charge is 2.42. The topological polar surface area (TPSA) is 49.4 Å². The molecule has 1 aliphatic carbocycles. The molecular formula is C26H29ClN2O2S. The van der Waals surface area contributed by atoms with Crippen LogP contribution in [-0.4, -0.2) is 41.6 Å². The van der Waals surface area contributed by atoms with E-state index in [9.17, 15) is 9.59 Å². The van der Waals surface area contributed by atoms with Crippen LogP contribution < -0.4 is 5.32 Å². The fourth-order valence-corrected chi connectivity index (χ4v) is 6.19. The van der Waals surface area contributed by atoms with Crippen LogP contribution >= 0.6 is 23.4 Å². The number of aryl methyl sites for hydroxylation is 1. The first-order valence-corrected chi connectivity index (χ1v) is 12.4. The van der Waals surface area contributed by atoms with Crippen LogP contribution in [0.5, 0.6) is 0 Å². The van der Waals surface area contributed by atoms with Gasteiger partial charge in [0, 0.05) is 35.8 Å². The quantitative estimate of drug-likeness (QED) is 0.622. The van der Waals surface area contributed by atoms with E-state index in [1.807, 2.05) is 42.3 Å². The lowest BCUT2D eigenvalue weighted by molar-refractivity contribution is -0.131. The van der Waals surface area contributed by atoms with Crippen molar-refractivity contribution >= 4 is 41.3 Å². The average Bonchev–Trinajstić information content (AvgIpc) is 2.78. The Morgan fingerprint density at radius 2 is 2.00 bits per heavy atom. The zero-order chi connectivity index (χ0) is 22.7. The summed E-state index contributed by atoms with van der Waals surface area (Å²) in [6.07, 6.45) is 5.26. The average molecular weight is 469 g/mol. The number of rotatable bonds is 5. The number of nitrogens with one attached hydrogen (secondary N) is 1. The minimum absolute atomic E-state index is 0.0247. The van der Waals surface area contributed by atoms with E-state index < -0.39 is 0 Å². The molecule has 1 aliphatic heterocycles. The van der Waals surface area contributed by atoms with Gasteiger partial charge in [0.2, 0.25) is 5.91 Å². The fraction of sp³-hybridized carbons (Fsp3) is 0.385. The molecule has 1 N–H and O–H groups in total. The van der Waals surface area contributed by atoms with Crippen LogP contribution in [0.2, 0.25) is 5.02 Å². The minimum atomic E-state index is -0.0384. The second-order valence-electron chi connectivity index (χ2n) is 8.74. The van der Waals surface area contributed by atoms with Crippen molar-refractivity contribution in [3.8, 4) is 0 Å². The smallest absolute Gasteiger partial charge is 0.260 e. The molecule has 0 aromatic heterocycles. The molecule has 1 saturated heterocycles. The Morgan fingerprint density at radius 1 is 1.22 bits per heavy atom. The standard InChI is InChI=1S/C26H29ClN2O2S/c1-17-6-8-18(9-7-17)12-13-28-25(30)20-10-11-23-22(16-20)29(2)26(31)24(32-23)15-19-4-3-5-21(27)14-19/h3-9,14-15,20,22-23H,10-13,16H2,1-2H3,(H,28,30)/b24-15-. The number of amides is 2. The number of hydrogen-bond donors (Lipinski definition) is 1. The van der Waals surface area contributed by atoms with Crippen molar-refractivity contribution in [3.05, 3.63) is 75.1 Å². The van der Waals surface area contributed by atoms with Crippen molar-refractivity contribution in [1.82, 2.24) is 10.2 Å². The maximum atomic E-state index is 13.0. The molecule has 168 valence electrons. The molecule has 2 amide bonds. The van der Waals surface area contributed by atoms with E-state index >= 15 is 0 Å². The van der Waals surface area contributed by atoms with Crippen molar-refractivity contribution in [1.29, 1.82) is 0 Å². The Hall–Kier alpha value is -2.24. The van der Waals surface area contributed by atoms with Gasteiger partial charge in [-0.2, -0.15) is 0 Å². The third-order valence-corrected chi connectivity index (χ3v) is 8.05. The molecule has 2 aliphatic rings. The molecule has 0 radical (unpaired) electrons. The second-order valence-corrected chi connectivity index (χ2v) is 10.5. The predicted molar refractivity (Wildman–Crippen MR) is 133 cm³/mol. The molecule has 4 nitrogen and oxygen atoms in total. The van der Waals surface area contributed by atoms with Gasteiger partial charge in [-0.25, -0.2) is 0 Å². The summed E-state index contributed by atoms with van der Waals surface area (Å²) < 4.78 is 0. The number of thioether (sulfide) groups is 1. The monoisotopic (exact) mass is 468 g/mol. The van der Waals surface area contributed by atoms with Crippen LogP contribution in [-0.2, 0) is 16.0 Å². The molecule has 2 aromatic rings. The minimum Gasteiger partial charge on any atom is -0.356 e. The van der Waals surface area contributed by atoms with Crippen molar-refractivity contribution < 1.29 is 9.59 Å². The van der Waals surface area contributed by atoms with E-state index in [0.29, 0.717) is 16.8 Å². The first-order chi connectivity index (χ1) is 15.4. The van der Waals surface area contributed by atoms with Gasteiger partial charge in [0.05, 0.1) is 4.91 Å². The summed E-state index contributed by atoms with van der Waals surface area (Å²) >= 11 is 7.74. The van der Waals surface area contributed by atoms with Gasteiger partial charge in [-0.1, -0.05) is 53.6 Å². The SMILES string of the molecule is Cc1ccc(CCNC(=O)C2CCC3S/C(=C\c4cccc(Cl)c4)C(=O)N(C)C3C2)cc1. The van der Waals surface area contributed by atoms with E-state index in [0.717, 1.165) is 36.2 Å². The summed E-state index contributed by atoms with van der Waals surface area (Å²) in [7, 11) is 1.86. The number of likely N-dealkylation sites (N-methyl/N-ethyl adjacent to an activating group) is 1. The van der Waals surface area contributed by atoms with Crippen LogP contribution in [0.1, 0.15) is 36.0 Å². The molecule has 6 heteroatoms. The first kappa shape index (κ1) is 22.9. The van der Waals surface area contributed by atoms with E-state index in [4.69, 9.17) is 11.6 Å². The van der Waals surface area contributed by atoms with E-state index in [2.05, 4.69) is 36.5 Å². The van der Waals surface area contributed by atoms with Crippen LogP contribution in [0.4, 0.5) is 0 Å². The Balaban J connectivity index is 1.34. The molecule has 1 saturated carbocycles. The van der Waals surface area contributed by atoms with Gasteiger partial charge in [0.1, 0.15) is 0 Å². The molecule has 2 fully saturated rings. The van der Waals surface area contributed by atoms with Crippen LogP contribution in [0.15, 0.2) is 53.4 Å². The summed E-state index contributed by atoms with van der Waals surface area (Å²) in [6, 6.07) is 16.1. The van der Waals surface area contributed by atoms with Crippen molar-refractivity contribution in [3.63, 3.8) is 0 Å². The van der Waals surface area contributed by atoms with Gasteiger partial charge in [-0.15, -0.1) is 11.8 Å². The van der Waals surface area contributed by atoms with Crippen molar-refractivity contribution in [2.24, 2.45) is 5.92 Å². The largest absolute Gasteiger partial charge is 0.356 e. The third-order valence-electron chi connectivity index (χ3n) is 6.41. The summed E-state index contributed by atoms with van der Waals surface area (Å²) in [5.74, 6) is 0.0990. The van der Waals surface area contributed by atoms with Crippen molar-refractivity contribution in [2.75, 3.05) is 13.6 Å². The number of carbonyl (C=O) groups excluding carboxylic acids is 2. The maximum absolute atomic E-state index is 13.0. The molecular weight excluding hydrogens is 440 g/mol. The highest BCUT2D eigenvalue weighted by Crippen LogP contribution is 2.43. The van der Waals surface area contributed by atoms with Gasteiger partial charge >= 0.3 is 0 Å². The van der Waals surface area contributed by atoms with Gasteiger partial charge < -0.3 is 10.2 Å². The predicted octanol–water partition coefficient (Wildman–Crippen LogP) is 5.09. The zero-order valence-electron chi connectivity index (χ0n) is 18.5. The summed E-state index contributed by atoms with van der Waals surface area (Å²) in [5.41, 5.74) is 3.40. The zero-order valence-corrected chi connectivity index (χ0v) is 20.1. The molecule has 0 bridgehead atoms. The van der Waals surface area contributed by atoms with Crippen LogP contribution in [0.3, 0.4) is 0 Å². The Labute approximate surface area is 199 Å². The fourth-order valence-electron chi connectivity index (χ4n) is 4.51. The van der Waals surface area contributed by atoms with E-state index in [1.165, 1.54) is 11.1 Å². The Morgan fingerprint density at radius 3 is 2.75 bits per heavy atom. The Kier molecular flexibility index (Phi) is 7.27. The maximum Gasteiger partial charge on any atom is 0.260 e. The normalized spacial score (nSPS) is 24.3. The van der Waals surface area contributed by atoms with Gasteiger partial charge in [-0.3, -0.25) is 9.59 Å². The lowest BCUT2D eigenvalue weighted by atomic mass is 9.83. The molecule has 2 aromatic carbocycles. The molecule has 3 atom stereocenters. The Bertz CT molecular complexity index is 1020. The summed E-state index contributed by atoms with van der Waals surface area (Å²) in [6.45, 7) is 2.71. The van der Waals surface area contributed by atoms with Crippen LogP contribution in [0, 0.1) is 12.8 Å². The molecule has 32 heavy (non-hydrogen) atoms. The molecule has 3 unspecified atom stereocenters. The molecule has 4 rings (SSSR count). The van der Waals surface area contributed by atoms with Crippen LogP contribution in [0.25, 0.3) is 6.08 Å². The highest BCUT2D eigenvalue weighted by molar-refractivity contribution is 8.04. The number of nitrogens with zero attached hydrogens (tertiary/aromatic N) is 1. The van der Waals surface area contributed by atoms with E-state index in [1.54, 1.807) is 11.8 Å². The highest BCUT2D eigenvalue weighted by atomic mass is 35.5. The number of hydrogen-bond acceptors (Lipinski definition) is 3. The number of fused-ring (bicyclic) bond motifs is 1. The first-order valence-electron chi connectivity index (χ1n) is 11.1. The second kappa shape index (κ2) is 10.1. The van der Waals surface area contributed by atoms with Gasteiger partial charge in [0.25, 0.3) is 5.91 Å². The molecule has 0 spiro atoms. The van der Waals surface area contributed by atoms with Gasteiger partial charge in [-0.05, 0) is 61.9 Å². The summed E-state index contributed by atoms with van der Waals surface area (Å²) in [5, 5.41) is 4.09. The lowest BCUT2D eigenvalue weighted by Crippen LogP contribution is -2.52. The lowest BCUT2D eigenvalue weighted by Gasteiger charge is -2.44. The number of halogens is 1. The summed E-state index contributed by atoms with van der Waals surface area (Å²) in [4.78, 5) is 28.4. The van der Waals surface area contributed by atoms with E-state index in [-0.39, 0.29) is 23.8 Å².